The highest BCUT2D eigenvalue weighted by Crippen LogP contribution is 2.45. The van der Waals surface area contributed by atoms with E-state index in [-0.39, 0.29) is 25.7 Å². The van der Waals surface area contributed by atoms with Crippen LogP contribution in [0.3, 0.4) is 0 Å². The standard InChI is InChI=1S/C81H142O17P2/c1-5-9-13-17-21-25-29-33-37-41-45-49-53-57-61-65-78(83)91-71-76(97-80(85)67-63-59-55-51-47-43-39-35-31-27-23-19-15-11-7-3)73-95-99(87,88)93-69-75(82)70-94-100(89,90)96-74-77(98-81(86)68-64-60-56-52-48-44-40-36-32-28-24-20-16-12-8-4)72-92-79(84)66-62-58-54-50-46-42-38-34-30-26-22-18-14-10-6-2/h25-32,37-44,75-77,82H,5-24,33-36,45-74H2,1-4H3,(H,87,88)(H,89,90)/b29-25+,30-26?,31-27?,32-28?,41-37-,42-38?,43-39?,44-40-. The summed E-state index contributed by atoms with van der Waals surface area (Å²) < 4.78 is 68.5. The second kappa shape index (κ2) is 73.3. The smallest absolute Gasteiger partial charge is 0.462 e. The van der Waals surface area contributed by atoms with Gasteiger partial charge in [-0.3, -0.25) is 37.3 Å². The van der Waals surface area contributed by atoms with Gasteiger partial charge >= 0.3 is 39.5 Å². The summed E-state index contributed by atoms with van der Waals surface area (Å²) in [5.74, 6) is -2.24. The molecule has 0 heterocycles. The first-order valence-corrected chi connectivity index (χ1v) is 42.5. The number of phosphoric acid groups is 2. The maximum atomic E-state index is 13.1. The Kier molecular flexibility index (Phi) is 70.4. The van der Waals surface area contributed by atoms with Crippen LogP contribution >= 0.6 is 15.6 Å². The maximum absolute atomic E-state index is 13.1. The van der Waals surface area contributed by atoms with Crippen LogP contribution in [0.15, 0.2) is 97.2 Å². The number of rotatable bonds is 74. The number of allylic oxidation sites excluding steroid dienone is 16. The van der Waals surface area contributed by atoms with Gasteiger partial charge in [0, 0.05) is 25.7 Å². The Hall–Kier alpha value is -4.02. The van der Waals surface area contributed by atoms with Crippen molar-refractivity contribution in [2.45, 2.75) is 354 Å². The molecule has 0 aromatic carbocycles. The van der Waals surface area contributed by atoms with Crippen LogP contribution in [0.5, 0.6) is 0 Å². The molecule has 5 unspecified atom stereocenters. The zero-order valence-electron chi connectivity index (χ0n) is 63.1. The molecule has 0 aromatic rings. The number of aliphatic hydroxyl groups is 1. The predicted octanol–water partition coefficient (Wildman–Crippen LogP) is 22.8. The molecule has 0 aromatic heterocycles. The summed E-state index contributed by atoms with van der Waals surface area (Å²) in [6, 6.07) is 0. The summed E-state index contributed by atoms with van der Waals surface area (Å²) in [5, 5.41) is 10.6. The number of hydrogen-bond donors (Lipinski definition) is 3. The van der Waals surface area contributed by atoms with Gasteiger partial charge in [0.2, 0.25) is 0 Å². The first-order chi connectivity index (χ1) is 48.7. The van der Waals surface area contributed by atoms with Gasteiger partial charge in [-0.25, -0.2) is 9.13 Å². The first-order valence-electron chi connectivity index (χ1n) is 39.5. The number of esters is 4. The van der Waals surface area contributed by atoms with Crippen LogP contribution in [0.25, 0.3) is 0 Å². The molecule has 0 fully saturated rings. The molecule has 0 aliphatic carbocycles. The fourth-order valence-electron chi connectivity index (χ4n) is 10.4. The minimum atomic E-state index is -4.99. The van der Waals surface area contributed by atoms with E-state index in [4.69, 9.17) is 37.0 Å². The molecule has 100 heavy (non-hydrogen) atoms. The van der Waals surface area contributed by atoms with Gasteiger partial charge in [0.1, 0.15) is 19.3 Å². The van der Waals surface area contributed by atoms with Crippen molar-refractivity contribution >= 4 is 39.5 Å². The average molecular weight is 1450 g/mol. The van der Waals surface area contributed by atoms with Gasteiger partial charge in [-0.1, -0.05) is 253 Å². The lowest BCUT2D eigenvalue weighted by Gasteiger charge is -2.21. The Labute approximate surface area is 607 Å². The molecule has 5 atom stereocenters. The topological polar surface area (TPSA) is 237 Å². The third-order valence-corrected chi connectivity index (χ3v) is 18.4. The lowest BCUT2D eigenvalue weighted by atomic mass is 10.1. The summed E-state index contributed by atoms with van der Waals surface area (Å²) in [6.07, 6.45) is 76.7. The van der Waals surface area contributed by atoms with E-state index in [0.717, 1.165) is 154 Å². The van der Waals surface area contributed by atoms with Gasteiger partial charge in [-0.2, -0.15) is 0 Å². The quantitative estimate of drug-likeness (QED) is 0.0169. The third-order valence-electron chi connectivity index (χ3n) is 16.5. The summed E-state index contributed by atoms with van der Waals surface area (Å²) in [5.41, 5.74) is 0. The van der Waals surface area contributed by atoms with Crippen molar-refractivity contribution < 1.29 is 80.2 Å². The van der Waals surface area contributed by atoms with Crippen LogP contribution in [-0.4, -0.2) is 96.7 Å². The van der Waals surface area contributed by atoms with Gasteiger partial charge in [-0.15, -0.1) is 0 Å². The number of ether oxygens (including phenoxy) is 4. The lowest BCUT2D eigenvalue weighted by molar-refractivity contribution is -0.161. The van der Waals surface area contributed by atoms with E-state index in [1.54, 1.807) is 0 Å². The van der Waals surface area contributed by atoms with Crippen LogP contribution in [0.1, 0.15) is 336 Å². The Morgan fingerprint density at radius 3 is 0.730 bits per heavy atom. The largest absolute Gasteiger partial charge is 0.472 e. The van der Waals surface area contributed by atoms with Crippen LogP contribution in [0.2, 0.25) is 0 Å². The number of carbonyl (C=O) groups excluding carboxylic acids is 4. The van der Waals surface area contributed by atoms with Crippen molar-refractivity contribution in [1.82, 2.24) is 0 Å². The van der Waals surface area contributed by atoms with Crippen molar-refractivity contribution in [2.24, 2.45) is 0 Å². The molecule has 0 radical (unpaired) electrons. The molecule has 0 rings (SSSR count). The normalized spacial score (nSPS) is 14.4. The molecule has 0 amide bonds. The number of aliphatic hydroxyl groups excluding tert-OH is 1. The molecular weight excluding hydrogens is 1310 g/mol. The van der Waals surface area contributed by atoms with Gasteiger partial charge in [0.15, 0.2) is 12.2 Å². The Bertz CT molecular complexity index is 2120. The SMILES string of the molecule is CCCCCCC=CCC=CCCCCCCC(=O)OCC(COP(=O)(O)OCC(O)COP(=O)(O)OCC(COC(=O)CCCCCC/C=C\C/C=C/CCCCCC)OC(=O)CCCCCCC=CCC=CCCCCCC)OC(=O)CCCCCC/C=C\CC=CCCCCCC. The van der Waals surface area contributed by atoms with Crippen molar-refractivity contribution in [2.75, 3.05) is 39.6 Å². The second-order valence-corrected chi connectivity index (χ2v) is 29.2. The highest BCUT2D eigenvalue weighted by Gasteiger charge is 2.30. The summed E-state index contributed by atoms with van der Waals surface area (Å²) in [4.78, 5) is 72.9. The molecule has 0 bridgehead atoms. The summed E-state index contributed by atoms with van der Waals surface area (Å²) >= 11 is 0. The van der Waals surface area contributed by atoms with Gasteiger partial charge in [0.05, 0.1) is 26.4 Å². The van der Waals surface area contributed by atoms with Crippen molar-refractivity contribution in [3.05, 3.63) is 97.2 Å². The van der Waals surface area contributed by atoms with E-state index < -0.39 is 97.5 Å². The zero-order chi connectivity index (χ0) is 73.2. The molecule has 0 saturated carbocycles. The average Bonchev–Trinajstić information content (AvgIpc) is 1.01. The highest BCUT2D eigenvalue weighted by atomic mass is 31.2. The van der Waals surface area contributed by atoms with Gasteiger partial charge in [-0.05, 0) is 154 Å². The minimum absolute atomic E-state index is 0.0688. The van der Waals surface area contributed by atoms with E-state index >= 15 is 0 Å². The summed E-state index contributed by atoms with van der Waals surface area (Å²) in [6.45, 7) is 4.75. The molecule has 3 N–H and O–H groups in total. The Balaban J connectivity index is 5.41. The Morgan fingerprint density at radius 2 is 0.490 bits per heavy atom. The fourth-order valence-corrected chi connectivity index (χ4v) is 12.0. The number of phosphoric ester groups is 2. The van der Waals surface area contributed by atoms with Crippen molar-refractivity contribution in [3.63, 3.8) is 0 Å². The third kappa shape index (κ3) is 72.3. The highest BCUT2D eigenvalue weighted by molar-refractivity contribution is 7.47. The molecule has 0 spiro atoms. The van der Waals surface area contributed by atoms with Crippen LogP contribution < -0.4 is 0 Å². The first kappa shape index (κ1) is 96.0. The molecule has 17 nitrogen and oxygen atoms in total. The molecule has 0 aliphatic rings. The van der Waals surface area contributed by atoms with Crippen molar-refractivity contribution in [3.8, 4) is 0 Å². The van der Waals surface area contributed by atoms with E-state index in [9.17, 15) is 43.2 Å². The number of hydrogen-bond acceptors (Lipinski definition) is 15. The zero-order valence-corrected chi connectivity index (χ0v) is 64.9. The number of carbonyl (C=O) groups is 4. The second-order valence-electron chi connectivity index (χ2n) is 26.3. The van der Waals surface area contributed by atoms with E-state index in [1.165, 1.54) is 103 Å². The number of unbranched alkanes of at least 4 members (excludes halogenated alkanes) is 32. The predicted molar refractivity (Wildman–Crippen MR) is 409 cm³/mol. The lowest BCUT2D eigenvalue weighted by Crippen LogP contribution is -2.30. The minimum Gasteiger partial charge on any atom is -0.462 e. The van der Waals surface area contributed by atoms with Gasteiger partial charge in [0.25, 0.3) is 0 Å². The van der Waals surface area contributed by atoms with Crippen molar-refractivity contribution in [1.29, 1.82) is 0 Å². The van der Waals surface area contributed by atoms with E-state index in [2.05, 4.69) is 125 Å². The van der Waals surface area contributed by atoms with E-state index in [0.29, 0.717) is 25.7 Å². The van der Waals surface area contributed by atoms with Crippen LogP contribution in [0, 0.1) is 0 Å². The maximum Gasteiger partial charge on any atom is 0.472 e. The van der Waals surface area contributed by atoms with Crippen LogP contribution in [0.4, 0.5) is 0 Å². The van der Waals surface area contributed by atoms with Gasteiger partial charge < -0.3 is 33.8 Å². The molecule has 19 heteroatoms. The molecular formula is C81H142O17P2. The molecule has 578 valence electrons. The van der Waals surface area contributed by atoms with E-state index in [1.807, 2.05) is 0 Å². The fraction of sp³-hybridized carbons (Fsp3) is 0.753. The monoisotopic (exact) mass is 1450 g/mol. The van der Waals surface area contributed by atoms with Crippen LogP contribution in [-0.2, 0) is 65.4 Å². The molecule has 0 aliphatic heterocycles. The Morgan fingerprint density at radius 1 is 0.280 bits per heavy atom. The molecule has 0 saturated heterocycles. The summed E-state index contributed by atoms with van der Waals surface area (Å²) in [7, 11) is -9.97.